The molecule has 0 unspecified atom stereocenters. The van der Waals surface area contributed by atoms with Crippen LogP contribution in [0.15, 0.2) is 55.1 Å². The van der Waals surface area contributed by atoms with Gasteiger partial charge in [0.1, 0.15) is 5.82 Å². The first-order chi connectivity index (χ1) is 9.24. The summed E-state index contributed by atoms with van der Waals surface area (Å²) in [4.78, 5) is 8.24. The van der Waals surface area contributed by atoms with Gasteiger partial charge in [-0.1, -0.05) is 17.7 Å². The summed E-state index contributed by atoms with van der Waals surface area (Å²) in [5, 5.41) is 0. The third-order valence-corrected chi connectivity index (χ3v) is 3.03. The van der Waals surface area contributed by atoms with Crippen molar-refractivity contribution in [3.8, 4) is 16.9 Å². The van der Waals surface area contributed by atoms with E-state index in [0.717, 1.165) is 16.9 Å². The molecule has 2 heterocycles. The molecular formula is C15H14N4. The van der Waals surface area contributed by atoms with E-state index in [-0.39, 0.29) is 0 Å². The summed E-state index contributed by atoms with van der Waals surface area (Å²) in [6.07, 6.45) is 5.34. The molecule has 0 radical (unpaired) electrons. The van der Waals surface area contributed by atoms with Crippen molar-refractivity contribution in [3.63, 3.8) is 0 Å². The Morgan fingerprint density at radius 3 is 2.63 bits per heavy atom. The van der Waals surface area contributed by atoms with E-state index in [1.54, 1.807) is 12.5 Å². The molecule has 0 spiro atoms. The van der Waals surface area contributed by atoms with Crippen molar-refractivity contribution in [2.45, 2.75) is 6.92 Å². The van der Waals surface area contributed by atoms with Crippen LogP contribution >= 0.6 is 0 Å². The molecular weight excluding hydrogens is 236 g/mol. The molecule has 0 atom stereocenters. The maximum Gasteiger partial charge on any atom is 0.123 e. The second-order valence-electron chi connectivity index (χ2n) is 4.45. The predicted molar refractivity (Wildman–Crippen MR) is 75.9 cm³/mol. The Morgan fingerprint density at radius 1 is 1.11 bits per heavy atom. The number of benzene rings is 1. The van der Waals surface area contributed by atoms with Crippen LogP contribution in [0.5, 0.6) is 0 Å². The van der Waals surface area contributed by atoms with Gasteiger partial charge in [-0.15, -0.1) is 0 Å². The largest absolute Gasteiger partial charge is 0.384 e. The highest BCUT2D eigenvalue weighted by atomic mass is 15.0. The Hall–Kier alpha value is -2.62. The van der Waals surface area contributed by atoms with Crippen LogP contribution in [0.25, 0.3) is 16.9 Å². The molecule has 0 saturated heterocycles. The van der Waals surface area contributed by atoms with Gasteiger partial charge in [0, 0.05) is 17.4 Å². The van der Waals surface area contributed by atoms with Crippen LogP contribution in [0, 0.1) is 6.92 Å². The van der Waals surface area contributed by atoms with Gasteiger partial charge in [-0.25, -0.2) is 9.97 Å². The van der Waals surface area contributed by atoms with E-state index < -0.39 is 0 Å². The Labute approximate surface area is 111 Å². The standard InChI is InChI=1S/C15H14N4/c1-11-2-4-13(5-3-11)19-10-17-9-14(19)12-6-7-18-15(16)8-12/h2-10H,1H3,(H2,16,18). The minimum absolute atomic E-state index is 0.508. The predicted octanol–water partition coefficient (Wildman–Crippen LogP) is 2.82. The second kappa shape index (κ2) is 4.57. The molecule has 4 heteroatoms. The van der Waals surface area contributed by atoms with E-state index in [2.05, 4.69) is 41.2 Å². The summed E-state index contributed by atoms with van der Waals surface area (Å²) in [5.74, 6) is 0.508. The summed E-state index contributed by atoms with van der Waals surface area (Å²) in [5.41, 5.74) is 10.0. The van der Waals surface area contributed by atoms with Crippen molar-refractivity contribution >= 4 is 5.82 Å². The van der Waals surface area contributed by atoms with Gasteiger partial charge >= 0.3 is 0 Å². The first kappa shape index (κ1) is 11.5. The minimum atomic E-state index is 0.508. The summed E-state index contributed by atoms with van der Waals surface area (Å²) in [6.45, 7) is 2.07. The molecule has 0 aliphatic rings. The fourth-order valence-corrected chi connectivity index (χ4v) is 2.03. The molecule has 94 valence electrons. The van der Waals surface area contributed by atoms with Gasteiger partial charge in [0.15, 0.2) is 0 Å². The van der Waals surface area contributed by atoms with Crippen LogP contribution < -0.4 is 5.73 Å². The average Bonchev–Trinajstić information content (AvgIpc) is 2.89. The summed E-state index contributed by atoms with van der Waals surface area (Å²) in [7, 11) is 0. The van der Waals surface area contributed by atoms with E-state index >= 15 is 0 Å². The maximum absolute atomic E-state index is 5.73. The van der Waals surface area contributed by atoms with Gasteiger partial charge in [-0.3, -0.25) is 4.57 Å². The fraction of sp³-hybridized carbons (Fsp3) is 0.0667. The number of imidazole rings is 1. The molecule has 2 aromatic heterocycles. The number of nitrogen functional groups attached to an aromatic ring is 1. The van der Waals surface area contributed by atoms with Gasteiger partial charge in [-0.2, -0.15) is 0 Å². The van der Waals surface area contributed by atoms with Crippen LogP contribution in [-0.2, 0) is 0 Å². The summed E-state index contributed by atoms with van der Waals surface area (Å²) in [6, 6.07) is 12.1. The number of anilines is 1. The van der Waals surface area contributed by atoms with Gasteiger partial charge in [-0.05, 0) is 31.2 Å². The number of hydrogen-bond acceptors (Lipinski definition) is 3. The zero-order valence-electron chi connectivity index (χ0n) is 10.6. The van der Waals surface area contributed by atoms with Crippen molar-refractivity contribution in [2.75, 3.05) is 5.73 Å². The molecule has 3 rings (SSSR count). The number of nitrogens with two attached hydrogens (primary N) is 1. The lowest BCUT2D eigenvalue weighted by Gasteiger charge is -2.08. The normalized spacial score (nSPS) is 10.6. The zero-order valence-corrected chi connectivity index (χ0v) is 10.6. The molecule has 1 aromatic carbocycles. The van der Waals surface area contributed by atoms with Gasteiger partial charge in [0.2, 0.25) is 0 Å². The Morgan fingerprint density at radius 2 is 1.89 bits per heavy atom. The molecule has 0 saturated carbocycles. The highest BCUT2D eigenvalue weighted by Gasteiger charge is 2.07. The number of aromatic nitrogens is 3. The summed E-state index contributed by atoms with van der Waals surface area (Å²) >= 11 is 0. The third kappa shape index (κ3) is 2.20. The van der Waals surface area contributed by atoms with Gasteiger partial charge in [0.25, 0.3) is 0 Å². The first-order valence-corrected chi connectivity index (χ1v) is 6.05. The Balaban J connectivity index is 2.10. The van der Waals surface area contributed by atoms with Gasteiger partial charge < -0.3 is 5.73 Å². The average molecular weight is 250 g/mol. The lowest BCUT2D eigenvalue weighted by atomic mass is 10.2. The molecule has 0 aliphatic heterocycles. The van der Waals surface area contributed by atoms with Crippen LogP contribution in [0.3, 0.4) is 0 Å². The lowest BCUT2D eigenvalue weighted by molar-refractivity contribution is 1.06. The van der Waals surface area contributed by atoms with Gasteiger partial charge in [0.05, 0.1) is 18.2 Å². The molecule has 4 nitrogen and oxygen atoms in total. The lowest BCUT2D eigenvalue weighted by Crippen LogP contribution is -1.96. The van der Waals surface area contributed by atoms with Crippen LogP contribution in [0.1, 0.15) is 5.56 Å². The van der Waals surface area contributed by atoms with E-state index in [4.69, 9.17) is 5.73 Å². The monoisotopic (exact) mass is 250 g/mol. The minimum Gasteiger partial charge on any atom is -0.384 e. The first-order valence-electron chi connectivity index (χ1n) is 6.05. The number of aryl methyl sites for hydroxylation is 1. The topological polar surface area (TPSA) is 56.7 Å². The zero-order chi connectivity index (χ0) is 13.2. The molecule has 0 amide bonds. The SMILES string of the molecule is Cc1ccc(-n2cncc2-c2ccnc(N)c2)cc1. The number of nitrogens with zero attached hydrogens (tertiary/aromatic N) is 3. The van der Waals surface area contributed by atoms with Crippen LogP contribution in [-0.4, -0.2) is 14.5 Å². The fourth-order valence-electron chi connectivity index (χ4n) is 2.03. The van der Waals surface area contributed by atoms with Crippen molar-refractivity contribution in [1.29, 1.82) is 0 Å². The highest BCUT2D eigenvalue weighted by molar-refractivity contribution is 5.64. The van der Waals surface area contributed by atoms with E-state index in [1.165, 1.54) is 5.56 Å². The van der Waals surface area contributed by atoms with E-state index in [1.807, 2.05) is 22.9 Å². The molecule has 2 N–H and O–H groups in total. The van der Waals surface area contributed by atoms with Crippen molar-refractivity contribution < 1.29 is 0 Å². The van der Waals surface area contributed by atoms with Crippen molar-refractivity contribution in [1.82, 2.24) is 14.5 Å². The maximum atomic E-state index is 5.73. The molecule has 0 fully saturated rings. The van der Waals surface area contributed by atoms with Crippen molar-refractivity contribution in [2.24, 2.45) is 0 Å². The van der Waals surface area contributed by atoms with Crippen molar-refractivity contribution in [3.05, 3.63) is 60.7 Å². The Kier molecular flexibility index (Phi) is 2.76. The number of pyridine rings is 1. The molecule has 3 aromatic rings. The highest BCUT2D eigenvalue weighted by Crippen LogP contribution is 2.23. The van der Waals surface area contributed by atoms with Crippen LogP contribution in [0.4, 0.5) is 5.82 Å². The van der Waals surface area contributed by atoms with E-state index in [0.29, 0.717) is 5.82 Å². The Bertz CT molecular complexity index is 698. The molecule has 0 aliphatic carbocycles. The smallest absolute Gasteiger partial charge is 0.123 e. The molecule has 0 bridgehead atoms. The second-order valence-corrected chi connectivity index (χ2v) is 4.45. The number of hydrogen-bond donors (Lipinski definition) is 1. The molecule has 19 heavy (non-hydrogen) atoms. The van der Waals surface area contributed by atoms with Crippen LogP contribution in [0.2, 0.25) is 0 Å². The summed E-state index contributed by atoms with van der Waals surface area (Å²) < 4.78 is 2.04. The van der Waals surface area contributed by atoms with E-state index in [9.17, 15) is 0 Å². The number of rotatable bonds is 2. The third-order valence-electron chi connectivity index (χ3n) is 3.03. The quantitative estimate of drug-likeness (QED) is 0.760.